The number of benzene rings is 1. The molecule has 2 aromatic heterocycles. The largest absolute Gasteiger partial charge is 0.385 e. The Morgan fingerprint density at radius 3 is 2.79 bits per heavy atom. The van der Waals surface area contributed by atoms with Crippen LogP contribution in [0.5, 0.6) is 0 Å². The molecule has 1 aliphatic carbocycles. The van der Waals surface area contributed by atoms with Crippen LogP contribution in [-0.4, -0.2) is 14.7 Å². The van der Waals surface area contributed by atoms with Crippen molar-refractivity contribution in [3.8, 4) is 11.3 Å². The maximum Gasteiger partial charge on any atom is 0.123 e. The van der Waals surface area contributed by atoms with E-state index in [0.29, 0.717) is 0 Å². The highest BCUT2D eigenvalue weighted by Crippen LogP contribution is 2.55. The Kier molecular flexibility index (Phi) is 4.30. The van der Waals surface area contributed by atoms with E-state index in [9.17, 15) is 9.50 Å². The normalized spacial score (nSPS) is 25.7. The molecule has 0 bridgehead atoms. The van der Waals surface area contributed by atoms with Crippen LogP contribution in [0.4, 0.5) is 4.39 Å². The molecule has 0 saturated heterocycles. The number of hydrogen-bond acceptors (Lipinski definition) is 3. The van der Waals surface area contributed by atoms with Crippen molar-refractivity contribution < 1.29 is 9.50 Å². The van der Waals surface area contributed by atoms with E-state index in [0.717, 1.165) is 48.3 Å². The Morgan fingerprint density at radius 1 is 1.28 bits per heavy atom. The molecule has 0 spiro atoms. The summed E-state index contributed by atoms with van der Waals surface area (Å²) in [5.74, 6) is -0.104. The topological polar surface area (TPSA) is 38.0 Å². The molecule has 2 aliphatic rings. The van der Waals surface area contributed by atoms with Gasteiger partial charge in [-0.3, -0.25) is 0 Å². The van der Waals surface area contributed by atoms with Gasteiger partial charge in [-0.2, -0.15) is 11.3 Å². The van der Waals surface area contributed by atoms with Gasteiger partial charge in [-0.05, 0) is 78.9 Å². The Labute approximate surface area is 174 Å². The second-order valence-corrected chi connectivity index (χ2v) is 9.58. The van der Waals surface area contributed by atoms with Crippen molar-refractivity contribution in [2.45, 2.75) is 45.3 Å². The third-order valence-electron chi connectivity index (χ3n) is 7.03. The summed E-state index contributed by atoms with van der Waals surface area (Å²) in [4.78, 5) is 4.66. The molecule has 3 heterocycles. The summed E-state index contributed by atoms with van der Waals surface area (Å²) in [6.07, 6.45) is 7.28. The zero-order valence-corrected chi connectivity index (χ0v) is 17.5. The first kappa shape index (κ1) is 18.8. The number of imidazole rings is 1. The highest BCUT2D eigenvalue weighted by molar-refractivity contribution is 7.08. The number of hydrogen-bond donors (Lipinski definition) is 1. The molecular formula is C24H25FN2OS. The predicted molar refractivity (Wildman–Crippen MR) is 115 cm³/mol. The Bertz CT molecular complexity index is 1070. The van der Waals surface area contributed by atoms with Crippen LogP contribution in [0.1, 0.15) is 44.4 Å². The molecule has 0 amide bonds. The number of halogens is 1. The smallest absolute Gasteiger partial charge is 0.123 e. The molecule has 1 saturated carbocycles. The SMILES string of the molecule is CC12Cn3cnc(-c4ccc(F)cc4)c3C=C1CCCC2C(C)(O)c1ccsc1. The lowest BCUT2D eigenvalue weighted by Crippen LogP contribution is -2.48. The Morgan fingerprint density at radius 2 is 2.07 bits per heavy atom. The van der Waals surface area contributed by atoms with E-state index in [1.165, 1.54) is 17.7 Å². The van der Waals surface area contributed by atoms with Gasteiger partial charge in [0, 0.05) is 23.4 Å². The Balaban J connectivity index is 1.56. The van der Waals surface area contributed by atoms with E-state index in [4.69, 9.17) is 0 Å². The second kappa shape index (κ2) is 6.64. The van der Waals surface area contributed by atoms with Crippen LogP contribution in [0.3, 0.4) is 0 Å². The molecule has 1 aromatic carbocycles. The lowest BCUT2D eigenvalue weighted by molar-refractivity contribution is -0.0710. The third-order valence-corrected chi connectivity index (χ3v) is 7.71. The fraction of sp³-hybridized carbons (Fsp3) is 0.375. The number of aromatic nitrogens is 2. The van der Waals surface area contributed by atoms with Gasteiger partial charge in [0.15, 0.2) is 0 Å². The third kappa shape index (κ3) is 2.90. The van der Waals surface area contributed by atoms with Gasteiger partial charge < -0.3 is 9.67 Å². The molecule has 3 unspecified atom stereocenters. The second-order valence-electron chi connectivity index (χ2n) is 8.80. The Hall–Kier alpha value is -2.24. The minimum atomic E-state index is -0.869. The summed E-state index contributed by atoms with van der Waals surface area (Å²) in [6.45, 7) is 5.07. The summed E-state index contributed by atoms with van der Waals surface area (Å²) in [5, 5.41) is 15.7. The van der Waals surface area contributed by atoms with E-state index in [-0.39, 0.29) is 17.2 Å². The molecule has 150 valence electrons. The van der Waals surface area contributed by atoms with Crippen LogP contribution in [0.25, 0.3) is 17.3 Å². The molecule has 29 heavy (non-hydrogen) atoms. The van der Waals surface area contributed by atoms with Crippen molar-refractivity contribution >= 4 is 17.4 Å². The molecular weight excluding hydrogens is 383 g/mol. The van der Waals surface area contributed by atoms with Gasteiger partial charge >= 0.3 is 0 Å². The highest BCUT2D eigenvalue weighted by Gasteiger charge is 2.51. The number of aliphatic hydroxyl groups is 1. The van der Waals surface area contributed by atoms with Crippen LogP contribution in [0.15, 0.2) is 53.0 Å². The lowest BCUT2D eigenvalue weighted by Gasteiger charge is -2.51. The highest BCUT2D eigenvalue weighted by atomic mass is 32.1. The van der Waals surface area contributed by atoms with E-state index < -0.39 is 5.60 Å². The fourth-order valence-electron chi connectivity index (χ4n) is 5.45. The summed E-state index contributed by atoms with van der Waals surface area (Å²) in [6, 6.07) is 8.58. The lowest BCUT2D eigenvalue weighted by atomic mass is 9.57. The zero-order chi connectivity index (χ0) is 20.2. The molecule has 3 atom stereocenters. The van der Waals surface area contributed by atoms with Crippen LogP contribution in [0, 0.1) is 17.2 Å². The van der Waals surface area contributed by atoms with Gasteiger partial charge in [0.05, 0.1) is 23.3 Å². The van der Waals surface area contributed by atoms with Crippen molar-refractivity contribution in [1.82, 2.24) is 9.55 Å². The first-order chi connectivity index (χ1) is 13.9. The predicted octanol–water partition coefficient (Wildman–Crippen LogP) is 5.86. The van der Waals surface area contributed by atoms with Crippen LogP contribution in [0.2, 0.25) is 0 Å². The molecule has 5 rings (SSSR count). The number of fused-ring (bicyclic) bond motifs is 2. The minimum Gasteiger partial charge on any atom is -0.385 e. The van der Waals surface area contributed by atoms with E-state index in [1.54, 1.807) is 23.5 Å². The van der Waals surface area contributed by atoms with Gasteiger partial charge in [-0.25, -0.2) is 9.37 Å². The first-order valence-corrected chi connectivity index (χ1v) is 11.1. The molecule has 0 radical (unpaired) electrons. The summed E-state index contributed by atoms with van der Waals surface area (Å²) >= 11 is 1.63. The number of rotatable bonds is 3. The van der Waals surface area contributed by atoms with Crippen molar-refractivity contribution in [3.63, 3.8) is 0 Å². The maximum atomic E-state index is 13.3. The van der Waals surface area contributed by atoms with E-state index >= 15 is 0 Å². The molecule has 5 heteroatoms. The van der Waals surface area contributed by atoms with Gasteiger partial charge in [-0.1, -0.05) is 12.5 Å². The van der Waals surface area contributed by atoms with Crippen molar-refractivity contribution in [3.05, 3.63) is 70.1 Å². The first-order valence-electron chi connectivity index (χ1n) is 10.2. The van der Waals surface area contributed by atoms with Crippen molar-refractivity contribution in [2.24, 2.45) is 11.3 Å². The van der Waals surface area contributed by atoms with Crippen LogP contribution < -0.4 is 0 Å². The molecule has 3 nitrogen and oxygen atoms in total. The number of thiophene rings is 1. The van der Waals surface area contributed by atoms with Crippen molar-refractivity contribution in [1.29, 1.82) is 0 Å². The summed E-state index contributed by atoms with van der Waals surface area (Å²) < 4.78 is 15.5. The molecule has 3 aromatic rings. The summed E-state index contributed by atoms with van der Waals surface area (Å²) in [5.41, 5.74) is 4.31. The van der Waals surface area contributed by atoms with E-state index in [2.05, 4.69) is 27.9 Å². The van der Waals surface area contributed by atoms with Crippen LogP contribution in [-0.2, 0) is 12.1 Å². The number of nitrogens with zero attached hydrogens (tertiary/aromatic N) is 2. The molecule has 1 aliphatic heterocycles. The quantitative estimate of drug-likeness (QED) is 0.589. The van der Waals surface area contributed by atoms with Gasteiger partial charge in [0.25, 0.3) is 0 Å². The van der Waals surface area contributed by atoms with Gasteiger partial charge in [-0.15, -0.1) is 0 Å². The molecule has 1 fully saturated rings. The van der Waals surface area contributed by atoms with E-state index in [1.807, 2.05) is 24.7 Å². The van der Waals surface area contributed by atoms with Crippen LogP contribution >= 0.6 is 11.3 Å². The van der Waals surface area contributed by atoms with Crippen molar-refractivity contribution in [2.75, 3.05) is 0 Å². The van der Waals surface area contributed by atoms with Gasteiger partial charge in [0.2, 0.25) is 0 Å². The number of allylic oxidation sites excluding steroid dienone is 1. The fourth-order valence-corrected chi connectivity index (χ4v) is 6.21. The minimum absolute atomic E-state index is 0.128. The maximum absolute atomic E-state index is 13.3. The summed E-state index contributed by atoms with van der Waals surface area (Å²) in [7, 11) is 0. The van der Waals surface area contributed by atoms with Gasteiger partial charge in [0.1, 0.15) is 5.82 Å². The average Bonchev–Trinajstić information content (AvgIpc) is 3.36. The average molecular weight is 409 g/mol. The standard InChI is InChI=1S/C24H25FN2OS/c1-23-14-27-15-26-22(16-6-8-19(25)9-7-16)20(27)12-17(23)4-3-5-21(23)24(2,28)18-10-11-29-13-18/h6-13,15,21,28H,3-5,14H2,1-2H3. The molecule has 1 N–H and O–H groups in total. The zero-order valence-electron chi connectivity index (χ0n) is 16.7. The monoisotopic (exact) mass is 408 g/mol.